The number of aliphatic carboxylic acids is 1. The van der Waals surface area contributed by atoms with Crippen molar-refractivity contribution in [2.75, 3.05) is 6.61 Å². The standard InChI is InChI=1S/C6H12O4.2H3O4P/c1-6(10,2-3-7)4-5(8)9;2*1-5(2,3)4/h7,10H,2-4H2,1H3,(H,8,9);2*(H3,1,2,3,4). The van der Waals surface area contributed by atoms with Crippen LogP contribution < -0.4 is 0 Å². The Bertz CT molecular complexity index is 316. The molecule has 0 aromatic rings. The van der Waals surface area contributed by atoms with Crippen LogP contribution in [-0.4, -0.2) is 62.9 Å². The van der Waals surface area contributed by atoms with Gasteiger partial charge in [-0.1, -0.05) is 0 Å². The minimum absolute atomic E-state index is 0.0965. The predicted molar refractivity (Wildman–Crippen MR) is 63.1 cm³/mol. The van der Waals surface area contributed by atoms with E-state index in [-0.39, 0.29) is 19.4 Å². The molecule has 0 spiro atoms. The van der Waals surface area contributed by atoms with E-state index in [0.717, 1.165) is 0 Å². The Morgan fingerprint density at radius 2 is 1.25 bits per heavy atom. The van der Waals surface area contributed by atoms with Crippen molar-refractivity contribution in [3.8, 4) is 0 Å². The summed E-state index contributed by atoms with van der Waals surface area (Å²) in [5, 5.41) is 25.7. The van der Waals surface area contributed by atoms with Gasteiger partial charge in [0.15, 0.2) is 0 Å². The molecule has 0 aliphatic heterocycles. The van der Waals surface area contributed by atoms with Gasteiger partial charge in [0.25, 0.3) is 0 Å². The molecule has 0 radical (unpaired) electrons. The van der Waals surface area contributed by atoms with Gasteiger partial charge in [-0.3, -0.25) is 4.79 Å². The zero-order valence-corrected chi connectivity index (χ0v) is 12.1. The van der Waals surface area contributed by atoms with Crippen LogP contribution in [0.2, 0.25) is 0 Å². The largest absolute Gasteiger partial charge is 0.481 e. The van der Waals surface area contributed by atoms with Crippen molar-refractivity contribution in [2.24, 2.45) is 0 Å². The third-order valence-electron chi connectivity index (χ3n) is 1.18. The lowest BCUT2D eigenvalue weighted by molar-refractivity contribution is -0.142. The molecule has 0 aromatic heterocycles. The molecule has 20 heavy (non-hydrogen) atoms. The van der Waals surface area contributed by atoms with Crippen LogP contribution in [0.4, 0.5) is 0 Å². The summed E-state index contributed by atoms with van der Waals surface area (Å²) >= 11 is 0. The van der Waals surface area contributed by atoms with Crippen molar-refractivity contribution in [3.63, 3.8) is 0 Å². The molecular weight excluding hydrogens is 326 g/mol. The molecule has 0 aliphatic carbocycles. The fourth-order valence-electron chi connectivity index (χ4n) is 0.655. The number of aliphatic hydroxyl groups is 2. The monoisotopic (exact) mass is 344 g/mol. The van der Waals surface area contributed by atoms with E-state index < -0.39 is 27.2 Å². The van der Waals surface area contributed by atoms with Gasteiger partial charge in [-0.05, 0) is 13.3 Å². The number of hydrogen-bond acceptors (Lipinski definition) is 5. The van der Waals surface area contributed by atoms with Crippen molar-refractivity contribution in [3.05, 3.63) is 0 Å². The van der Waals surface area contributed by atoms with Crippen molar-refractivity contribution in [1.29, 1.82) is 0 Å². The number of carbonyl (C=O) groups is 1. The Morgan fingerprint density at radius 1 is 1.00 bits per heavy atom. The molecule has 0 rings (SSSR count). The lowest BCUT2D eigenvalue weighted by Gasteiger charge is -2.18. The molecule has 0 aliphatic rings. The first-order valence-electron chi connectivity index (χ1n) is 4.59. The maximum atomic E-state index is 10.0. The molecule has 0 saturated carbocycles. The Balaban J connectivity index is -0.000000244. The Morgan fingerprint density at radius 3 is 1.40 bits per heavy atom. The second-order valence-corrected chi connectivity index (χ2v) is 5.62. The SMILES string of the molecule is CC(O)(CCO)CC(=O)O.O=P(O)(O)O.O=P(O)(O)O. The van der Waals surface area contributed by atoms with Crippen LogP contribution in [0.25, 0.3) is 0 Å². The first kappa shape index (κ1) is 24.6. The van der Waals surface area contributed by atoms with E-state index in [1.807, 2.05) is 0 Å². The van der Waals surface area contributed by atoms with E-state index in [1.165, 1.54) is 6.92 Å². The molecule has 12 nitrogen and oxygen atoms in total. The van der Waals surface area contributed by atoms with Gasteiger partial charge in [0.05, 0.1) is 12.0 Å². The normalized spacial score (nSPS) is 14.1. The number of phosphoric acid groups is 2. The quantitative estimate of drug-likeness (QED) is 0.246. The van der Waals surface area contributed by atoms with Crippen LogP contribution in [-0.2, 0) is 13.9 Å². The van der Waals surface area contributed by atoms with Crippen molar-refractivity contribution >= 4 is 21.6 Å². The molecule has 9 N–H and O–H groups in total. The van der Waals surface area contributed by atoms with E-state index in [1.54, 1.807) is 0 Å². The predicted octanol–water partition coefficient (Wildman–Crippen LogP) is -2.26. The number of carboxylic acids is 1. The zero-order chi connectivity index (χ0) is 17.2. The summed E-state index contributed by atoms with van der Waals surface area (Å²) in [4.78, 5) is 53.2. The number of carboxylic acid groups (broad SMARTS) is 1. The van der Waals surface area contributed by atoms with E-state index in [4.69, 9.17) is 53.8 Å². The van der Waals surface area contributed by atoms with Gasteiger partial charge in [-0.25, -0.2) is 9.13 Å². The summed E-state index contributed by atoms with van der Waals surface area (Å²) in [7, 11) is -9.28. The van der Waals surface area contributed by atoms with Gasteiger partial charge in [0, 0.05) is 6.61 Å². The molecule has 0 heterocycles. The first-order valence-corrected chi connectivity index (χ1v) is 7.72. The minimum Gasteiger partial charge on any atom is -0.481 e. The third-order valence-corrected chi connectivity index (χ3v) is 1.18. The average Bonchev–Trinajstić information content (AvgIpc) is 1.91. The second-order valence-electron chi connectivity index (χ2n) is 3.57. The molecule has 0 bridgehead atoms. The summed E-state index contributed by atoms with van der Waals surface area (Å²) in [5.74, 6) is -1.06. The lowest BCUT2D eigenvalue weighted by atomic mass is 9.99. The third kappa shape index (κ3) is 65.5. The highest BCUT2D eigenvalue weighted by Gasteiger charge is 2.22. The van der Waals surface area contributed by atoms with Gasteiger partial charge in [-0.2, -0.15) is 0 Å². The van der Waals surface area contributed by atoms with Crippen LogP contribution in [0.3, 0.4) is 0 Å². The number of rotatable bonds is 4. The van der Waals surface area contributed by atoms with E-state index in [2.05, 4.69) is 0 Å². The second kappa shape index (κ2) is 10.4. The van der Waals surface area contributed by atoms with Crippen molar-refractivity contribution in [2.45, 2.75) is 25.4 Å². The van der Waals surface area contributed by atoms with Gasteiger partial charge in [0.2, 0.25) is 0 Å². The first-order chi connectivity index (χ1) is 8.48. The van der Waals surface area contributed by atoms with Gasteiger partial charge in [0.1, 0.15) is 0 Å². The molecule has 0 fully saturated rings. The summed E-state index contributed by atoms with van der Waals surface area (Å²) in [5.41, 5.74) is -1.28. The summed E-state index contributed by atoms with van der Waals surface area (Å²) in [6.07, 6.45) is -0.229. The van der Waals surface area contributed by atoms with E-state index in [0.29, 0.717) is 0 Å². The Kier molecular flexibility index (Phi) is 12.7. The molecule has 1 atom stereocenters. The zero-order valence-electron chi connectivity index (χ0n) is 10.3. The Labute approximate surface area is 113 Å². The molecule has 124 valence electrons. The number of aliphatic hydroxyl groups excluding tert-OH is 1. The van der Waals surface area contributed by atoms with Crippen LogP contribution in [0.5, 0.6) is 0 Å². The summed E-state index contributed by atoms with van der Waals surface area (Å²) in [6.45, 7) is 1.19. The van der Waals surface area contributed by atoms with E-state index >= 15 is 0 Å². The Hall–Kier alpha value is -0.390. The highest BCUT2D eigenvalue weighted by molar-refractivity contribution is 7.45. The number of hydrogen-bond donors (Lipinski definition) is 9. The summed E-state index contributed by atoms with van der Waals surface area (Å²) < 4.78 is 17.8. The molecule has 0 saturated heterocycles. The van der Waals surface area contributed by atoms with Gasteiger partial charge >= 0.3 is 21.6 Å². The fourth-order valence-corrected chi connectivity index (χ4v) is 0.655. The smallest absolute Gasteiger partial charge is 0.466 e. The maximum Gasteiger partial charge on any atom is 0.466 e. The van der Waals surface area contributed by atoms with Crippen molar-refractivity contribution < 1.29 is 58.6 Å². The van der Waals surface area contributed by atoms with Crippen molar-refractivity contribution in [1.82, 2.24) is 0 Å². The fraction of sp³-hybridized carbons (Fsp3) is 0.833. The molecule has 1 unspecified atom stereocenters. The molecule has 14 heteroatoms. The van der Waals surface area contributed by atoms with E-state index in [9.17, 15) is 4.79 Å². The van der Waals surface area contributed by atoms with Crippen LogP contribution in [0.15, 0.2) is 0 Å². The summed E-state index contributed by atoms with van der Waals surface area (Å²) in [6, 6.07) is 0. The lowest BCUT2D eigenvalue weighted by Crippen LogP contribution is -2.28. The van der Waals surface area contributed by atoms with Gasteiger partial charge < -0.3 is 44.7 Å². The minimum atomic E-state index is -4.64. The van der Waals surface area contributed by atoms with Crippen LogP contribution >= 0.6 is 15.6 Å². The van der Waals surface area contributed by atoms with Crippen LogP contribution in [0.1, 0.15) is 19.8 Å². The molecular formula is C6H18O12P2. The molecule has 0 amide bonds. The highest BCUT2D eigenvalue weighted by atomic mass is 31.2. The highest BCUT2D eigenvalue weighted by Crippen LogP contribution is 2.26. The van der Waals surface area contributed by atoms with Gasteiger partial charge in [-0.15, -0.1) is 0 Å². The van der Waals surface area contributed by atoms with Crippen LogP contribution in [0, 0.1) is 0 Å². The maximum absolute atomic E-state index is 10.0. The molecule has 0 aromatic carbocycles. The average molecular weight is 344 g/mol. The topological polar surface area (TPSA) is 233 Å².